The standard InChI is InChI=1S/C27H31FN2O2/c28-24-16-21(18-5-7-19(8-6-18)25(31)20-9-10-20)11-12-23(24)26-27(32-26)30-15-3-4-22(30)17-29-13-1-2-14-29/h5-8,11-12,16,20,22,26-27H,1-4,9-10,13-15,17H2. The smallest absolute Gasteiger partial charge is 0.165 e. The molecule has 1 saturated carbocycles. The zero-order chi connectivity index (χ0) is 21.7. The van der Waals surface area contributed by atoms with E-state index in [-0.39, 0.29) is 29.9 Å². The van der Waals surface area contributed by atoms with E-state index in [2.05, 4.69) is 9.80 Å². The van der Waals surface area contributed by atoms with Crippen LogP contribution < -0.4 is 0 Å². The molecule has 3 atom stereocenters. The molecule has 2 aromatic rings. The Morgan fingerprint density at radius 2 is 1.69 bits per heavy atom. The van der Waals surface area contributed by atoms with Crippen LogP contribution in [-0.4, -0.2) is 54.0 Å². The van der Waals surface area contributed by atoms with E-state index in [0.717, 1.165) is 42.6 Å². The third kappa shape index (κ3) is 4.02. The molecule has 2 aromatic carbocycles. The van der Waals surface area contributed by atoms with E-state index in [0.29, 0.717) is 11.6 Å². The van der Waals surface area contributed by atoms with Crippen molar-refractivity contribution < 1.29 is 13.9 Å². The first-order valence-electron chi connectivity index (χ1n) is 12.2. The molecule has 0 spiro atoms. The molecule has 0 bridgehead atoms. The van der Waals surface area contributed by atoms with Gasteiger partial charge in [-0.1, -0.05) is 36.4 Å². The van der Waals surface area contributed by atoms with Crippen LogP contribution in [0.4, 0.5) is 4.39 Å². The molecule has 0 radical (unpaired) electrons. The van der Waals surface area contributed by atoms with Gasteiger partial charge in [0.1, 0.15) is 18.1 Å². The predicted molar refractivity (Wildman–Crippen MR) is 122 cm³/mol. The van der Waals surface area contributed by atoms with Crippen molar-refractivity contribution in [1.82, 2.24) is 9.80 Å². The zero-order valence-corrected chi connectivity index (χ0v) is 18.5. The number of hydrogen-bond acceptors (Lipinski definition) is 4. The highest BCUT2D eigenvalue weighted by Crippen LogP contribution is 2.45. The minimum absolute atomic E-state index is 0.0122. The molecule has 4 fully saturated rings. The average Bonchev–Trinajstić information content (AvgIpc) is 3.72. The molecule has 168 valence electrons. The highest BCUT2D eigenvalue weighted by Gasteiger charge is 2.49. The van der Waals surface area contributed by atoms with E-state index in [1.54, 1.807) is 6.07 Å². The molecule has 3 saturated heterocycles. The minimum atomic E-state index is -0.205. The van der Waals surface area contributed by atoms with Gasteiger partial charge in [0.2, 0.25) is 0 Å². The number of benzene rings is 2. The molecule has 0 aromatic heterocycles. The van der Waals surface area contributed by atoms with Crippen molar-refractivity contribution in [2.45, 2.75) is 56.9 Å². The van der Waals surface area contributed by atoms with Gasteiger partial charge in [0.25, 0.3) is 0 Å². The number of epoxide rings is 1. The molecule has 3 aliphatic heterocycles. The van der Waals surface area contributed by atoms with E-state index < -0.39 is 0 Å². The number of halogens is 1. The molecule has 6 rings (SSSR count). The summed E-state index contributed by atoms with van der Waals surface area (Å²) in [7, 11) is 0. The third-order valence-electron chi connectivity index (χ3n) is 7.64. The predicted octanol–water partition coefficient (Wildman–Crippen LogP) is 5.04. The van der Waals surface area contributed by atoms with Gasteiger partial charge in [-0.25, -0.2) is 4.39 Å². The van der Waals surface area contributed by atoms with Crippen molar-refractivity contribution in [2.75, 3.05) is 26.2 Å². The van der Waals surface area contributed by atoms with Gasteiger partial charge in [0, 0.05) is 36.2 Å². The number of carbonyl (C=O) groups excluding carboxylic acids is 1. The van der Waals surface area contributed by atoms with E-state index in [4.69, 9.17) is 4.74 Å². The number of ketones is 1. The maximum Gasteiger partial charge on any atom is 0.165 e. The zero-order valence-electron chi connectivity index (χ0n) is 18.5. The molecule has 3 unspecified atom stereocenters. The van der Waals surface area contributed by atoms with Crippen LogP contribution >= 0.6 is 0 Å². The summed E-state index contributed by atoms with van der Waals surface area (Å²) in [6, 6.07) is 13.6. The summed E-state index contributed by atoms with van der Waals surface area (Å²) in [5, 5.41) is 0. The van der Waals surface area contributed by atoms with Crippen molar-refractivity contribution in [3.63, 3.8) is 0 Å². The summed E-state index contributed by atoms with van der Waals surface area (Å²) in [5.41, 5.74) is 3.19. The van der Waals surface area contributed by atoms with Crippen molar-refractivity contribution in [3.8, 4) is 11.1 Å². The molecule has 5 heteroatoms. The summed E-state index contributed by atoms with van der Waals surface area (Å²) in [6.07, 6.45) is 6.90. The highest BCUT2D eigenvalue weighted by molar-refractivity contribution is 5.99. The number of ether oxygens (including phenoxy) is 1. The Kier molecular flexibility index (Phi) is 5.36. The lowest BCUT2D eigenvalue weighted by Gasteiger charge is -2.27. The van der Waals surface area contributed by atoms with Crippen molar-refractivity contribution in [2.24, 2.45) is 5.92 Å². The van der Waals surface area contributed by atoms with Crippen LogP contribution in [0.2, 0.25) is 0 Å². The average molecular weight is 435 g/mol. The monoisotopic (exact) mass is 434 g/mol. The Labute approximate surface area is 189 Å². The largest absolute Gasteiger partial charge is 0.348 e. The van der Waals surface area contributed by atoms with Gasteiger partial charge in [-0.3, -0.25) is 9.69 Å². The maximum atomic E-state index is 15.1. The Morgan fingerprint density at radius 1 is 0.938 bits per heavy atom. The summed E-state index contributed by atoms with van der Waals surface area (Å²) >= 11 is 0. The number of nitrogens with zero attached hydrogens (tertiary/aromatic N) is 2. The number of Topliss-reactive ketones (excluding diaryl/α,β-unsaturated/α-hetero) is 1. The second-order valence-corrected chi connectivity index (χ2v) is 9.94. The van der Waals surface area contributed by atoms with Gasteiger partial charge in [-0.2, -0.15) is 0 Å². The fourth-order valence-corrected chi connectivity index (χ4v) is 5.58. The van der Waals surface area contributed by atoms with Gasteiger partial charge in [0.05, 0.1) is 0 Å². The molecule has 0 N–H and O–H groups in total. The second-order valence-electron chi connectivity index (χ2n) is 9.94. The Bertz CT molecular complexity index is 997. The van der Waals surface area contributed by atoms with Gasteiger partial charge in [-0.05, 0) is 68.8 Å². The topological polar surface area (TPSA) is 36.1 Å². The van der Waals surface area contributed by atoms with E-state index >= 15 is 4.39 Å². The van der Waals surface area contributed by atoms with Crippen LogP contribution in [0.15, 0.2) is 42.5 Å². The van der Waals surface area contributed by atoms with Gasteiger partial charge in [-0.15, -0.1) is 0 Å². The van der Waals surface area contributed by atoms with Crippen LogP contribution in [-0.2, 0) is 4.74 Å². The Hall–Kier alpha value is -2.08. The molecule has 3 heterocycles. The summed E-state index contributed by atoms with van der Waals surface area (Å²) in [6.45, 7) is 4.59. The number of carbonyl (C=O) groups is 1. The summed E-state index contributed by atoms with van der Waals surface area (Å²) < 4.78 is 21.1. The summed E-state index contributed by atoms with van der Waals surface area (Å²) in [4.78, 5) is 17.2. The number of rotatable bonds is 7. The lowest BCUT2D eigenvalue weighted by molar-refractivity contribution is 0.0967. The third-order valence-corrected chi connectivity index (χ3v) is 7.64. The Balaban J connectivity index is 1.13. The molecular weight excluding hydrogens is 403 g/mol. The quantitative estimate of drug-likeness (QED) is 0.452. The molecule has 4 nitrogen and oxygen atoms in total. The minimum Gasteiger partial charge on any atom is -0.348 e. The maximum absolute atomic E-state index is 15.1. The van der Waals surface area contributed by atoms with Crippen molar-refractivity contribution in [3.05, 3.63) is 59.4 Å². The molecule has 0 amide bonds. The first kappa shape index (κ1) is 20.5. The van der Waals surface area contributed by atoms with E-state index in [1.807, 2.05) is 36.4 Å². The first-order valence-corrected chi connectivity index (χ1v) is 12.2. The van der Waals surface area contributed by atoms with E-state index in [1.165, 1.54) is 38.8 Å². The van der Waals surface area contributed by atoms with Gasteiger partial charge >= 0.3 is 0 Å². The molecule has 32 heavy (non-hydrogen) atoms. The van der Waals surface area contributed by atoms with Crippen molar-refractivity contribution >= 4 is 5.78 Å². The molecular formula is C27H31FN2O2. The van der Waals surface area contributed by atoms with E-state index in [9.17, 15) is 4.79 Å². The number of likely N-dealkylation sites (tertiary alicyclic amines) is 2. The fraction of sp³-hybridized carbons (Fsp3) is 0.519. The highest BCUT2D eigenvalue weighted by atomic mass is 19.1. The van der Waals surface area contributed by atoms with Gasteiger partial charge in [0.15, 0.2) is 5.78 Å². The first-order chi connectivity index (χ1) is 15.7. The van der Waals surface area contributed by atoms with Gasteiger partial charge < -0.3 is 9.64 Å². The summed E-state index contributed by atoms with van der Waals surface area (Å²) in [5.74, 6) is 0.248. The number of hydrogen-bond donors (Lipinski definition) is 0. The lowest BCUT2D eigenvalue weighted by Crippen LogP contribution is -2.41. The molecule has 4 aliphatic rings. The molecule has 1 aliphatic carbocycles. The Morgan fingerprint density at radius 3 is 2.41 bits per heavy atom. The second kappa shape index (κ2) is 8.36. The van der Waals surface area contributed by atoms with Crippen LogP contribution in [0, 0.1) is 11.7 Å². The lowest BCUT2D eigenvalue weighted by atomic mass is 9.99. The SMILES string of the molecule is O=C(c1ccc(-c2ccc(C3OC3N3CCCC3CN3CCCC3)c(F)c2)cc1)C1CC1. The fourth-order valence-electron chi connectivity index (χ4n) is 5.58. The van der Waals surface area contributed by atoms with Crippen LogP contribution in [0.5, 0.6) is 0 Å². The van der Waals surface area contributed by atoms with Crippen LogP contribution in [0.3, 0.4) is 0 Å². The van der Waals surface area contributed by atoms with Crippen LogP contribution in [0.25, 0.3) is 11.1 Å². The van der Waals surface area contributed by atoms with Crippen LogP contribution in [0.1, 0.15) is 60.6 Å². The normalized spacial score (nSPS) is 28.3. The van der Waals surface area contributed by atoms with Crippen molar-refractivity contribution in [1.29, 1.82) is 0 Å².